The molecule has 2 rings (SSSR count). The zero-order valence-corrected chi connectivity index (χ0v) is 30.1. The van der Waals surface area contributed by atoms with E-state index in [0.717, 1.165) is 30.7 Å². The van der Waals surface area contributed by atoms with Gasteiger partial charge in [-0.1, -0.05) is 109 Å². The van der Waals surface area contributed by atoms with Crippen LogP contribution in [0.15, 0.2) is 30.3 Å². The molecule has 1 saturated heterocycles. The Labute approximate surface area is 283 Å². The van der Waals surface area contributed by atoms with E-state index in [1.54, 1.807) is 14.2 Å². The van der Waals surface area contributed by atoms with Gasteiger partial charge in [-0.25, -0.2) is 0 Å². The first kappa shape index (κ1) is 40.8. The Balaban J connectivity index is 1.88. The third-order valence-corrected chi connectivity index (χ3v) is 9.05. The maximum Gasteiger partial charge on any atom is 0.308 e. The van der Waals surface area contributed by atoms with Crippen LogP contribution in [0.25, 0.3) is 0 Å². The molecule has 9 heteroatoms. The smallest absolute Gasteiger partial charge is 0.308 e. The highest BCUT2D eigenvalue weighted by Crippen LogP contribution is 2.29. The second kappa shape index (κ2) is 23.1. The summed E-state index contributed by atoms with van der Waals surface area (Å²) in [5.74, 6) is -0.833. The van der Waals surface area contributed by atoms with Gasteiger partial charge in [0.05, 0.1) is 12.5 Å². The van der Waals surface area contributed by atoms with Crippen molar-refractivity contribution in [2.75, 3.05) is 21.3 Å². The molecule has 0 bridgehead atoms. The first-order chi connectivity index (χ1) is 22.6. The van der Waals surface area contributed by atoms with E-state index in [1.165, 1.54) is 45.6 Å². The summed E-state index contributed by atoms with van der Waals surface area (Å²) in [6.45, 7) is 8.40. The highest BCUT2D eigenvalue weighted by atomic mass is 16.7. The Hall–Kier alpha value is -2.33. The van der Waals surface area contributed by atoms with Crippen molar-refractivity contribution >= 4 is 17.7 Å². The van der Waals surface area contributed by atoms with Gasteiger partial charge in [0.15, 0.2) is 0 Å². The van der Waals surface area contributed by atoms with Crippen LogP contribution in [-0.2, 0) is 49.4 Å². The molecule has 0 radical (unpaired) electrons. The molecule has 0 spiro atoms. The van der Waals surface area contributed by atoms with Gasteiger partial charge in [-0.2, -0.15) is 0 Å². The normalized spacial score (nSPS) is 22.5. The fourth-order valence-electron chi connectivity index (χ4n) is 6.33. The Morgan fingerprint density at radius 3 is 1.85 bits per heavy atom. The predicted molar refractivity (Wildman–Crippen MR) is 182 cm³/mol. The second-order valence-electron chi connectivity index (χ2n) is 13.6. The number of unbranched alkanes of at least 4 members (excludes halogenated alkanes) is 7. The summed E-state index contributed by atoms with van der Waals surface area (Å²) < 4.78 is 33.8. The number of carbonyl (C=O) groups is 3. The summed E-state index contributed by atoms with van der Waals surface area (Å²) in [5, 5.41) is 0. The van der Waals surface area contributed by atoms with E-state index in [9.17, 15) is 14.4 Å². The van der Waals surface area contributed by atoms with Crippen LogP contribution in [0.4, 0.5) is 0 Å². The summed E-state index contributed by atoms with van der Waals surface area (Å²) >= 11 is 0. The van der Waals surface area contributed by atoms with Crippen LogP contribution < -0.4 is 0 Å². The average Bonchev–Trinajstić information content (AvgIpc) is 3.03. The first-order valence-corrected chi connectivity index (χ1v) is 17.7. The van der Waals surface area contributed by atoms with Crippen molar-refractivity contribution in [3.8, 4) is 0 Å². The summed E-state index contributed by atoms with van der Waals surface area (Å²) in [6, 6.07) is 9.52. The summed E-state index contributed by atoms with van der Waals surface area (Å²) in [5.41, 5.74) is 0.904. The number of carbonyl (C=O) groups excluding carboxylic acids is 3. The molecule has 0 aromatic heterocycles. The standard InChI is InChI=1S/C38H62O9/c1-27(2)19-15-12-10-8-9-11-13-18-22-31(25-33(40)45-26-30-20-16-14-17-21-30)32(39)23-28(3)24-34(41)47-38-37(44-7)36(43-6)35(42-5)29(4)46-38/h14,16-17,20-21,27-29,31,35-38H,8-13,15,18-19,22-26H2,1-7H3/t28-,29-,31-,35-,36+,37+,38-/m0/s1. The van der Waals surface area contributed by atoms with Crippen molar-refractivity contribution in [1.82, 2.24) is 0 Å². The SMILES string of the molecule is CO[C@@H]1[C@@H](OC)[C@H](C)O[C@@H](OC(=O)C[C@@H](C)CC(=O)[C@@H](CCCCCCCCCCC(C)C)CC(=O)OCc2ccccc2)[C@@H]1OC. The van der Waals surface area contributed by atoms with Crippen LogP contribution in [0.2, 0.25) is 0 Å². The van der Waals surface area contributed by atoms with Crippen molar-refractivity contribution < 1.29 is 42.8 Å². The Bertz CT molecular complexity index is 1010. The van der Waals surface area contributed by atoms with Gasteiger partial charge < -0.3 is 28.4 Å². The number of hydrogen-bond acceptors (Lipinski definition) is 9. The molecule has 1 aromatic carbocycles. The number of esters is 2. The lowest BCUT2D eigenvalue weighted by Gasteiger charge is -2.43. The van der Waals surface area contributed by atoms with Gasteiger partial charge in [0, 0.05) is 40.1 Å². The lowest BCUT2D eigenvalue weighted by atomic mass is 9.87. The van der Waals surface area contributed by atoms with Gasteiger partial charge in [-0.05, 0) is 30.7 Å². The van der Waals surface area contributed by atoms with Gasteiger partial charge >= 0.3 is 11.9 Å². The number of rotatable bonds is 24. The van der Waals surface area contributed by atoms with E-state index in [0.29, 0.717) is 6.42 Å². The lowest BCUT2D eigenvalue weighted by molar-refractivity contribution is -0.297. The predicted octanol–water partition coefficient (Wildman–Crippen LogP) is 7.61. The minimum atomic E-state index is -0.964. The van der Waals surface area contributed by atoms with Gasteiger partial charge in [-0.3, -0.25) is 14.4 Å². The van der Waals surface area contributed by atoms with Crippen LogP contribution in [0.1, 0.15) is 117 Å². The van der Waals surface area contributed by atoms with Crippen molar-refractivity contribution in [1.29, 1.82) is 0 Å². The third-order valence-electron chi connectivity index (χ3n) is 9.05. The number of ether oxygens (including phenoxy) is 6. The Kier molecular flexibility index (Phi) is 20.1. The largest absolute Gasteiger partial charge is 0.461 e. The zero-order valence-electron chi connectivity index (χ0n) is 30.1. The Morgan fingerprint density at radius 2 is 1.28 bits per heavy atom. The number of benzene rings is 1. The molecule has 0 unspecified atom stereocenters. The van der Waals surface area contributed by atoms with E-state index in [4.69, 9.17) is 28.4 Å². The van der Waals surface area contributed by atoms with Crippen molar-refractivity contribution in [2.24, 2.45) is 17.8 Å². The summed E-state index contributed by atoms with van der Waals surface area (Å²) in [7, 11) is 4.63. The van der Waals surface area contributed by atoms with Crippen LogP contribution in [0, 0.1) is 17.8 Å². The molecule has 0 saturated carbocycles. The van der Waals surface area contributed by atoms with Crippen molar-refractivity contribution in [2.45, 2.75) is 148 Å². The minimum Gasteiger partial charge on any atom is -0.461 e. The highest BCUT2D eigenvalue weighted by Gasteiger charge is 2.47. The maximum atomic E-state index is 13.5. The molecule has 1 aromatic rings. The zero-order chi connectivity index (χ0) is 34.6. The molecule has 7 atom stereocenters. The molecule has 0 aliphatic carbocycles. The number of ketones is 1. The van der Waals surface area contributed by atoms with E-state index in [1.807, 2.05) is 44.2 Å². The molecule has 1 aliphatic rings. The van der Waals surface area contributed by atoms with E-state index >= 15 is 0 Å². The topological polar surface area (TPSA) is 107 Å². The van der Waals surface area contributed by atoms with Crippen LogP contribution in [-0.4, -0.2) is 69.8 Å². The summed E-state index contributed by atoms with van der Waals surface area (Å²) in [6.07, 6.45) is 8.67. The highest BCUT2D eigenvalue weighted by molar-refractivity contribution is 5.86. The van der Waals surface area contributed by atoms with Crippen LogP contribution in [0.3, 0.4) is 0 Å². The molecular formula is C38H62O9. The fourth-order valence-corrected chi connectivity index (χ4v) is 6.33. The average molecular weight is 663 g/mol. The summed E-state index contributed by atoms with van der Waals surface area (Å²) in [4.78, 5) is 39.3. The Morgan fingerprint density at radius 1 is 0.702 bits per heavy atom. The molecule has 47 heavy (non-hydrogen) atoms. The quantitative estimate of drug-likeness (QED) is 0.0817. The molecule has 1 heterocycles. The number of methoxy groups -OCH3 is 3. The van der Waals surface area contributed by atoms with Gasteiger partial charge in [0.1, 0.15) is 30.7 Å². The molecule has 0 amide bonds. The minimum absolute atomic E-state index is 0.0215. The van der Waals surface area contributed by atoms with Crippen molar-refractivity contribution in [3.05, 3.63) is 35.9 Å². The maximum absolute atomic E-state index is 13.5. The van der Waals surface area contributed by atoms with E-state index < -0.39 is 30.4 Å². The van der Waals surface area contributed by atoms with Crippen molar-refractivity contribution in [3.63, 3.8) is 0 Å². The van der Waals surface area contributed by atoms with Crippen LogP contribution >= 0.6 is 0 Å². The van der Waals surface area contributed by atoms with Gasteiger partial charge in [-0.15, -0.1) is 0 Å². The first-order valence-electron chi connectivity index (χ1n) is 17.7. The van der Waals surface area contributed by atoms with E-state index in [-0.39, 0.29) is 55.7 Å². The molecule has 1 fully saturated rings. The number of hydrogen-bond donors (Lipinski definition) is 0. The van der Waals surface area contributed by atoms with Crippen LogP contribution in [0.5, 0.6) is 0 Å². The van der Waals surface area contributed by atoms with E-state index in [2.05, 4.69) is 13.8 Å². The molecular weight excluding hydrogens is 600 g/mol. The number of Topliss-reactive ketones (excluding diaryl/α,β-unsaturated/α-hetero) is 1. The molecule has 9 nitrogen and oxygen atoms in total. The lowest BCUT2D eigenvalue weighted by Crippen LogP contribution is -2.59. The fraction of sp³-hybridized carbons (Fsp3) is 0.763. The molecule has 268 valence electrons. The monoisotopic (exact) mass is 662 g/mol. The molecule has 1 aliphatic heterocycles. The van der Waals surface area contributed by atoms with Gasteiger partial charge in [0.25, 0.3) is 0 Å². The molecule has 0 N–H and O–H groups in total. The van der Waals surface area contributed by atoms with Gasteiger partial charge in [0.2, 0.25) is 6.29 Å². The third kappa shape index (κ3) is 15.6. The second-order valence-corrected chi connectivity index (χ2v) is 13.6.